The van der Waals surface area contributed by atoms with Gasteiger partial charge in [0.2, 0.25) is 5.95 Å². The molecular weight excluding hydrogens is 362 g/mol. The van der Waals surface area contributed by atoms with Gasteiger partial charge in [0, 0.05) is 6.20 Å². The van der Waals surface area contributed by atoms with Crippen molar-refractivity contribution < 1.29 is 9.53 Å². The summed E-state index contributed by atoms with van der Waals surface area (Å²) in [6.07, 6.45) is 1.29. The number of nitrogens with one attached hydrogen (secondary N) is 1. The van der Waals surface area contributed by atoms with E-state index < -0.39 is 0 Å². The number of cyclic esters (lactones) is 1. The summed E-state index contributed by atoms with van der Waals surface area (Å²) < 4.78 is 6.36. The summed E-state index contributed by atoms with van der Waals surface area (Å²) in [7, 11) is 0. The molecule has 1 saturated heterocycles. The Bertz CT molecular complexity index is 940. The van der Waals surface area contributed by atoms with Crippen molar-refractivity contribution in [2.75, 3.05) is 16.8 Å². The second-order valence-corrected chi connectivity index (χ2v) is 7.94. The molecule has 0 aliphatic carbocycles. The molecule has 8 heteroatoms. The monoisotopic (exact) mass is 383 g/mol. The quantitative estimate of drug-likeness (QED) is 0.710. The first-order valence-electron chi connectivity index (χ1n) is 8.94. The fourth-order valence-corrected chi connectivity index (χ4v) is 4.04. The van der Waals surface area contributed by atoms with Crippen molar-refractivity contribution in [3.63, 3.8) is 0 Å². The van der Waals surface area contributed by atoms with Crippen molar-refractivity contribution in [2.45, 2.75) is 32.9 Å². The van der Waals surface area contributed by atoms with Crippen LogP contribution < -0.4 is 10.2 Å². The minimum absolute atomic E-state index is 0.0260. The zero-order valence-electron chi connectivity index (χ0n) is 15.4. The van der Waals surface area contributed by atoms with Crippen LogP contribution in [0.25, 0.3) is 10.2 Å². The number of anilines is 2. The van der Waals surface area contributed by atoms with Gasteiger partial charge in [-0.1, -0.05) is 26.0 Å². The molecule has 4 rings (SSSR count). The van der Waals surface area contributed by atoms with Gasteiger partial charge in [0.05, 0.1) is 22.3 Å². The molecular formula is C19H21N5O2S. The van der Waals surface area contributed by atoms with Gasteiger partial charge in [-0.05, 0) is 31.0 Å². The molecule has 140 valence electrons. The number of rotatable bonds is 5. The molecule has 3 aromatic rings. The molecule has 1 unspecified atom stereocenters. The number of para-hydroxylation sites is 1. The summed E-state index contributed by atoms with van der Waals surface area (Å²) in [5, 5.41) is 4.25. The van der Waals surface area contributed by atoms with Crippen LogP contribution in [-0.4, -0.2) is 33.7 Å². The Kier molecular flexibility index (Phi) is 4.65. The van der Waals surface area contributed by atoms with Crippen LogP contribution in [0, 0.1) is 5.92 Å². The Morgan fingerprint density at radius 2 is 2.04 bits per heavy atom. The third-order valence-corrected chi connectivity index (χ3v) is 5.81. The average Bonchev–Trinajstić information content (AvgIpc) is 3.25. The number of fused-ring (bicyclic) bond motifs is 1. The molecule has 1 fully saturated rings. The summed E-state index contributed by atoms with van der Waals surface area (Å²) in [4.78, 5) is 27.3. The van der Waals surface area contributed by atoms with Gasteiger partial charge in [-0.3, -0.25) is 4.90 Å². The average molecular weight is 383 g/mol. The van der Waals surface area contributed by atoms with Crippen molar-refractivity contribution in [3.05, 3.63) is 41.5 Å². The molecule has 27 heavy (non-hydrogen) atoms. The molecule has 0 radical (unpaired) electrons. The Morgan fingerprint density at radius 3 is 2.81 bits per heavy atom. The topological polar surface area (TPSA) is 80.2 Å². The molecule has 0 spiro atoms. The Hall–Kier alpha value is -2.74. The lowest BCUT2D eigenvalue weighted by Crippen LogP contribution is -2.37. The maximum absolute atomic E-state index is 12.2. The normalized spacial score (nSPS) is 18.1. The number of aromatic nitrogens is 3. The van der Waals surface area contributed by atoms with Crippen LogP contribution in [0.5, 0.6) is 0 Å². The van der Waals surface area contributed by atoms with Gasteiger partial charge in [-0.2, -0.15) is 4.98 Å². The number of benzene rings is 1. The van der Waals surface area contributed by atoms with E-state index in [2.05, 4.69) is 40.2 Å². The smallest absolute Gasteiger partial charge is 0.415 e. The number of carbonyl (C=O) groups is 1. The summed E-state index contributed by atoms with van der Waals surface area (Å²) in [6.45, 7) is 6.53. The van der Waals surface area contributed by atoms with Gasteiger partial charge in [0.25, 0.3) is 0 Å². The molecule has 1 N–H and O–H groups in total. The van der Waals surface area contributed by atoms with E-state index in [1.807, 2.05) is 25.1 Å². The summed E-state index contributed by atoms with van der Waals surface area (Å²) in [5.74, 6) is 1.27. The maximum atomic E-state index is 12.2. The largest absolute Gasteiger partial charge is 0.447 e. The highest BCUT2D eigenvalue weighted by Gasteiger charge is 2.37. The SMILES string of the molecule is CC(Nc1nccc(N2C(=O)OC[C@@H]2C(C)C)n1)c1nc2ccccc2s1. The highest BCUT2D eigenvalue weighted by Crippen LogP contribution is 2.29. The van der Waals surface area contributed by atoms with Gasteiger partial charge in [-0.15, -0.1) is 11.3 Å². The van der Waals surface area contributed by atoms with E-state index in [0.29, 0.717) is 18.4 Å². The van der Waals surface area contributed by atoms with Crippen molar-refractivity contribution in [2.24, 2.45) is 5.92 Å². The number of carbonyl (C=O) groups excluding carboxylic acids is 1. The lowest BCUT2D eigenvalue weighted by atomic mass is 10.0. The summed E-state index contributed by atoms with van der Waals surface area (Å²) >= 11 is 1.65. The number of hydrogen-bond acceptors (Lipinski definition) is 7. The number of thiazole rings is 1. The predicted octanol–water partition coefficient (Wildman–Crippen LogP) is 4.24. The van der Waals surface area contributed by atoms with Crippen molar-refractivity contribution in [1.82, 2.24) is 15.0 Å². The molecule has 0 saturated carbocycles. The fourth-order valence-electron chi connectivity index (χ4n) is 3.07. The van der Waals surface area contributed by atoms with Gasteiger partial charge in [0.1, 0.15) is 17.4 Å². The van der Waals surface area contributed by atoms with Crippen molar-refractivity contribution in [1.29, 1.82) is 0 Å². The number of nitrogens with zero attached hydrogens (tertiary/aromatic N) is 4. The van der Waals surface area contributed by atoms with Crippen LogP contribution in [0.1, 0.15) is 31.8 Å². The Labute approximate surface area is 161 Å². The first-order chi connectivity index (χ1) is 13.0. The molecule has 7 nitrogen and oxygen atoms in total. The molecule has 1 aliphatic rings. The third-order valence-electron chi connectivity index (χ3n) is 4.59. The highest BCUT2D eigenvalue weighted by atomic mass is 32.1. The van der Waals surface area contributed by atoms with Crippen LogP contribution >= 0.6 is 11.3 Å². The van der Waals surface area contributed by atoms with E-state index in [4.69, 9.17) is 4.74 Å². The second-order valence-electron chi connectivity index (χ2n) is 6.88. The van der Waals surface area contributed by atoms with E-state index in [1.165, 1.54) is 0 Å². The molecule has 3 heterocycles. The molecule has 1 amide bonds. The van der Waals surface area contributed by atoms with Crippen molar-refractivity contribution in [3.8, 4) is 0 Å². The molecule has 2 atom stereocenters. The molecule has 1 aromatic carbocycles. The van der Waals surface area contributed by atoms with Crippen molar-refractivity contribution >= 4 is 39.4 Å². The molecule has 1 aliphatic heterocycles. The zero-order valence-corrected chi connectivity index (χ0v) is 16.2. The first kappa shape index (κ1) is 17.7. The van der Waals surface area contributed by atoms with E-state index >= 15 is 0 Å². The number of ether oxygens (including phenoxy) is 1. The van der Waals surface area contributed by atoms with E-state index in [1.54, 1.807) is 28.5 Å². The number of hydrogen-bond donors (Lipinski definition) is 1. The zero-order chi connectivity index (χ0) is 19.0. The predicted molar refractivity (Wildman–Crippen MR) is 106 cm³/mol. The fraction of sp³-hybridized carbons (Fsp3) is 0.368. The lowest BCUT2D eigenvalue weighted by Gasteiger charge is -2.23. The van der Waals surface area contributed by atoms with Crippen LogP contribution in [0.3, 0.4) is 0 Å². The molecule has 2 aromatic heterocycles. The Morgan fingerprint density at radius 1 is 1.22 bits per heavy atom. The van der Waals surface area contributed by atoms with Gasteiger partial charge in [0.15, 0.2) is 0 Å². The van der Waals surface area contributed by atoms with Gasteiger partial charge in [-0.25, -0.2) is 14.8 Å². The van der Waals surface area contributed by atoms with E-state index in [-0.39, 0.29) is 24.1 Å². The first-order valence-corrected chi connectivity index (χ1v) is 9.75. The second kappa shape index (κ2) is 7.11. The molecule has 0 bridgehead atoms. The van der Waals surface area contributed by atoms with Gasteiger partial charge < -0.3 is 10.1 Å². The standard InChI is InChI=1S/C19H21N5O2S/c1-11(2)14-10-26-19(25)24(14)16-8-9-20-18(23-16)21-12(3)17-22-13-6-4-5-7-15(13)27-17/h4-9,11-12,14H,10H2,1-3H3,(H,20,21,23)/t12?,14-/m1/s1. The summed E-state index contributed by atoms with van der Waals surface area (Å²) in [6, 6.07) is 9.71. The van der Waals surface area contributed by atoms with E-state index in [0.717, 1.165) is 15.2 Å². The maximum Gasteiger partial charge on any atom is 0.415 e. The highest BCUT2D eigenvalue weighted by molar-refractivity contribution is 7.18. The minimum atomic E-state index is -0.363. The van der Waals surface area contributed by atoms with E-state index in [9.17, 15) is 4.79 Å². The third kappa shape index (κ3) is 3.44. The van der Waals surface area contributed by atoms with Crippen LogP contribution in [0.15, 0.2) is 36.5 Å². The van der Waals surface area contributed by atoms with Crippen LogP contribution in [0.2, 0.25) is 0 Å². The van der Waals surface area contributed by atoms with Crippen LogP contribution in [-0.2, 0) is 4.74 Å². The number of amides is 1. The van der Waals surface area contributed by atoms with Gasteiger partial charge >= 0.3 is 6.09 Å². The minimum Gasteiger partial charge on any atom is -0.447 e. The summed E-state index contributed by atoms with van der Waals surface area (Å²) in [5.41, 5.74) is 0.986. The van der Waals surface area contributed by atoms with Crippen LogP contribution in [0.4, 0.5) is 16.6 Å². The lowest BCUT2D eigenvalue weighted by molar-refractivity contribution is 0.177. The Balaban J connectivity index is 1.56.